The monoisotopic (exact) mass is 391 g/mol. The van der Waals surface area contributed by atoms with Gasteiger partial charge in [0.1, 0.15) is 5.82 Å². The Balaban J connectivity index is 1.44. The molecule has 1 atom stereocenters. The molecule has 0 spiro atoms. The van der Waals surface area contributed by atoms with Crippen molar-refractivity contribution < 1.29 is 4.74 Å². The van der Waals surface area contributed by atoms with Crippen LogP contribution in [-0.4, -0.2) is 57.5 Å². The van der Waals surface area contributed by atoms with Crippen molar-refractivity contribution in [2.45, 2.75) is 25.0 Å². The zero-order chi connectivity index (χ0) is 19.8. The lowest BCUT2D eigenvalue weighted by molar-refractivity contribution is 0.0498. The Bertz CT molecular complexity index is 1070. The van der Waals surface area contributed by atoms with Crippen molar-refractivity contribution in [3.05, 3.63) is 48.2 Å². The number of H-pyrrole nitrogens is 1. The number of nitrogens with one attached hydrogen (secondary N) is 2. The van der Waals surface area contributed by atoms with Crippen LogP contribution >= 0.6 is 0 Å². The molecular weight excluding hydrogens is 366 g/mol. The smallest absolute Gasteiger partial charge is 0.128 e. The highest BCUT2D eigenvalue weighted by molar-refractivity contribution is 5.87. The van der Waals surface area contributed by atoms with Crippen LogP contribution in [-0.2, 0) is 11.8 Å². The largest absolute Gasteiger partial charge is 0.381 e. The van der Waals surface area contributed by atoms with Crippen LogP contribution in [0.5, 0.6) is 0 Å². The molecule has 1 saturated heterocycles. The Morgan fingerprint density at radius 2 is 2.03 bits per heavy atom. The fourth-order valence-corrected chi connectivity index (χ4v) is 4.11. The third-order valence-corrected chi connectivity index (χ3v) is 5.79. The first-order chi connectivity index (χ1) is 14.2. The number of rotatable bonds is 4. The summed E-state index contributed by atoms with van der Waals surface area (Å²) in [6.45, 7) is 1.92. The van der Waals surface area contributed by atoms with Gasteiger partial charge in [-0.05, 0) is 36.6 Å². The van der Waals surface area contributed by atoms with Crippen LogP contribution in [0.3, 0.4) is 0 Å². The first kappa shape index (κ1) is 17.9. The van der Waals surface area contributed by atoms with Crippen molar-refractivity contribution in [2.24, 2.45) is 12.0 Å². The predicted octanol–water partition coefficient (Wildman–Crippen LogP) is 2.59. The Kier molecular flexibility index (Phi) is 4.55. The number of aromatic amines is 1. The maximum atomic E-state index is 5.49. The van der Waals surface area contributed by atoms with Gasteiger partial charge in [0.25, 0.3) is 0 Å². The van der Waals surface area contributed by atoms with Gasteiger partial charge < -0.3 is 15.0 Å². The van der Waals surface area contributed by atoms with Crippen LogP contribution in [0.4, 0.5) is 0 Å². The van der Waals surface area contributed by atoms with Crippen molar-refractivity contribution in [3.63, 3.8) is 0 Å². The predicted molar refractivity (Wildman–Crippen MR) is 112 cm³/mol. The average molecular weight is 391 g/mol. The molecule has 2 aliphatic heterocycles. The first-order valence-corrected chi connectivity index (χ1v) is 9.96. The van der Waals surface area contributed by atoms with Crippen molar-refractivity contribution in [1.29, 1.82) is 0 Å². The molecule has 1 fully saturated rings. The Hall–Kier alpha value is -3.13. The standard InChI is InChI=1S/C21H25N7O/c1-27-12-15(11-24-27)14-3-4-18-17(9-14)21(26-25-18)19-10-20(23-13-22-19)28-7-5-16(29-2)6-8-28/h3-4,9-13,16,19H,5-8H2,1-2H3,(H,22,23)(H,25,26). The highest BCUT2D eigenvalue weighted by Crippen LogP contribution is 2.30. The molecule has 4 heterocycles. The lowest BCUT2D eigenvalue weighted by atomic mass is 10.0. The number of hydrogen-bond donors (Lipinski definition) is 2. The van der Waals surface area contributed by atoms with Crippen molar-refractivity contribution in [3.8, 4) is 11.1 Å². The van der Waals surface area contributed by atoms with Crippen LogP contribution in [0, 0.1) is 0 Å². The van der Waals surface area contributed by atoms with Gasteiger partial charge in [-0.1, -0.05) is 6.07 Å². The van der Waals surface area contributed by atoms with E-state index in [0.29, 0.717) is 6.10 Å². The molecule has 2 aromatic heterocycles. The SMILES string of the molecule is COC1CCN(C2=CC(c3n[nH]c4ccc(-c5cnn(C)c5)cc34)NC=N2)CC1. The van der Waals surface area contributed by atoms with Gasteiger partial charge in [-0.2, -0.15) is 10.2 Å². The molecule has 150 valence electrons. The van der Waals surface area contributed by atoms with E-state index in [1.54, 1.807) is 13.4 Å². The lowest BCUT2D eigenvalue weighted by Crippen LogP contribution is -2.37. The number of hydrogen-bond acceptors (Lipinski definition) is 6. The number of fused-ring (bicyclic) bond motifs is 1. The Morgan fingerprint density at radius 3 is 2.79 bits per heavy atom. The van der Waals surface area contributed by atoms with Gasteiger partial charge in [-0.15, -0.1) is 0 Å². The third-order valence-electron chi connectivity index (χ3n) is 5.79. The van der Waals surface area contributed by atoms with E-state index < -0.39 is 0 Å². The molecule has 0 radical (unpaired) electrons. The summed E-state index contributed by atoms with van der Waals surface area (Å²) < 4.78 is 7.30. The van der Waals surface area contributed by atoms with Crippen LogP contribution in [0.15, 0.2) is 47.5 Å². The fraction of sp³-hybridized carbons (Fsp3) is 0.381. The number of ether oxygens (including phenoxy) is 1. The molecule has 0 bridgehead atoms. The van der Waals surface area contributed by atoms with Gasteiger partial charge in [0.2, 0.25) is 0 Å². The molecule has 5 rings (SSSR count). The molecular formula is C21H25N7O. The number of piperidine rings is 1. The first-order valence-electron chi connectivity index (χ1n) is 9.96. The number of likely N-dealkylation sites (tertiary alicyclic amines) is 1. The van der Waals surface area contributed by atoms with E-state index >= 15 is 0 Å². The van der Waals surface area contributed by atoms with Gasteiger partial charge in [-0.25, -0.2) is 4.99 Å². The van der Waals surface area contributed by atoms with Crippen LogP contribution in [0.25, 0.3) is 22.0 Å². The molecule has 1 aromatic carbocycles. The van der Waals surface area contributed by atoms with E-state index in [9.17, 15) is 0 Å². The van der Waals surface area contributed by atoms with Crippen molar-refractivity contribution >= 4 is 17.2 Å². The summed E-state index contributed by atoms with van der Waals surface area (Å²) in [4.78, 5) is 6.90. The fourth-order valence-electron chi connectivity index (χ4n) is 4.11. The van der Waals surface area contributed by atoms with Gasteiger partial charge >= 0.3 is 0 Å². The maximum Gasteiger partial charge on any atom is 0.128 e. The summed E-state index contributed by atoms with van der Waals surface area (Å²) in [5.74, 6) is 1.00. The minimum Gasteiger partial charge on any atom is -0.381 e. The molecule has 0 aliphatic carbocycles. The van der Waals surface area contributed by atoms with Gasteiger partial charge in [0.05, 0.1) is 35.9 Å². The molecule has 2 aliphatic rings. The summed E-state index contributed by atoms with van der Waals surface area (Å²) in [5, 5.41) is 16.5. The third kappa shape index (κ3) is 3.40. The van der Waals surface area contributed by atoms with Crippen molar-refractivity contribution in [2.75, 3.05) is 20.2 Å². The second-order valence-electron chi connectivity index (χ2n) is 7.62. The van der Waals surface area contributed by atoms with E-state index in [4.69, 9.17) is 4.74 Å². The van der Waals surface area contributed by atoms with E-state index in [1.165, 1.54) is 0 Å². The minimum absolute atomic E-state index is 0.0273. The molecule has 8 nitrogen and oxygen atoms in total. The second-order valence-corrected chi connectivity index (χ2v) is 7.62. The van der Waals surface area contributed by atoms with E-state index in [2.05, 4.69) is 54.8 Å². The van der Waals surface area contributed by atoms with E-state index in [1.807, 2.05) is 24.1 Å². The number of aliphatic imine (C=N–C) groups is 1. The summed E-state index contributed by atoms with van der Waals surface area (Å²) in [5.41, 5.74) is 4.22. The van der Waals surface area contributed by atoms with Crippen LogP contribution in [0.2, 0.25) is 0 Å². The van der Waals surface area contributed by atoms with E-state index in [0.717, 1.165) is 59.5 Å². The highest BCUT2D eigenvalue weighted by Gasteiger charge is 2.24. The Labute approximate surface area is 169 Å². The Morgan fingerprint density at radius 1 is 1.17 bits per heavy atom. The van der Waals surface area contributed by atoms with Crippen LogP contribution < -0.4 is 5.32 Å². The zero-order valence-electron chi connectivity index (χ0n) is 16.7. The van der Waals surface area contributed by atoms with Gasteiger partial charge in [0, 0.05) is 44.4 Å². The number of methoxy groups -OCH3 is 1. The zero-order valence-corrected chi connectivity index (χ0v) is 16.7. The normalized spacial score (nSPS) is 20.1. The number of aromatic nitrogens is 4. The molecule has 3 aromatic rings. The van der Waals surface area contributed by atoms with Gasteiger partial charge in [0.15, 0.2) is 0 Å². The van der Waals surface area contributed by atoms with Crippen molar-refractivity contribution in [1.82, 2.24) is 30.2 Å². The summed E-state index contributed by atoms with van der Waals surface area (Å²) in [6, 6.07) is 6.32. The topological polar surface area (TPSA) is 83.4 Å². The number of nitrogens with zero attached hydrogens (tertiary/aromatic N) is 5. The van der Waals surface area contributed by atoms with Crippen LogP contribution in [0.1, 0.15) is 24.6 Å². The molecule has 2 N–H and O–H groups in total. The van der Waals surface area contributed by atoms with E-state index in [-0.39, 0.29) is 6.04 Å². The minimum atomic E-state index is -0.0273. The highest BCUT2D eigenvalue weighted by atomic mass is 16.5. The molecule has 8 heteroatoms. The lowest BCUT2D eigenvalue weighted by Gasteiger charge is -2.34. The molecule has 29 heavy (non-hydrogen) atoms. The number of aryl methyl sites for hydroxylation is 1. The summed E-state index contributed by atoms with van der Waals surface area (Å²) >= 11 is 0. The number of benzene rings is 1. The maximum absolute atomic E-state index is 5.49. The molecule has 1 unspecified atom stereocenters. The second kappa shape index (κ2) is 7.36. The summed E-state index contributed by atoms with van der Waals surface area (Å²) in [7, 11) is 3.72. The molecule has 0 amide bonds. The van der Waals surface area contributed by atoms with Gasteiger partial charge in [-0.3, -0.25) is 9.78 Å². The molecule has 0 saturated carbocycles. The quantitative estimate of drug-likeness (QED) is 0.714. The average Bonchev–Trinajstić information content (AvgIpc) is 3.39. The summed E-state index contributed by atoms with van der Waals surface area (Å²) in [6.07, 6.45) is 10.3.